The van der Waals surface area contributed by atoms with Crippen molar-refractivity contribution in [1.82, 2.24) is 0 Å². The van der Waals surface area contributed by atoms with Crippen LogP contribution in [0.15, 0.2) is 48.5 Å². The minimum atomic E-state index is -4.49. The Kier molecular flexibility index (Phi) is 5.78. The topological polar surface area (TPSA) is 37.4 Å². The van der Waals surface area contributed by atoms with Gasteiger partial charge in [0.05, 0.1) is 11.3 Å². The second kappa shape index (κ2) is 7.55. The fourth-order valence-electron chi connectivity index (χ4n) is 2.75. The summed E-state index contributed by atoms with van der Waals surface area (Å²) in [5.74, 6) is -1.07. The third-order valence-electron chi connectivity index (χ3n) is 4.17. The van der Waals surface area contributed by atoms with Gasteiger partial charge in [0.1, 0.15) is 0 Å². The van der Waals surface area contributed by atoms with Crippen LogP contribution in [0.25, 0.3) is 0 Å². The van der Waals surface area contributed by atoms with Gasteiger partial charge in [-0.05, 0) is 41.3 Å². The summed E-state index contributed by atoms with van der Waals surface area (Å²) in [7, 11) is 0. The second-order valence-electron chi connectivity index (χ2n) is 7.23. The third kappa shape index (κ3) is 4.56. The molecule has 0 aliphatic heterocycles. The molecule has 2 amide bonds. The predicted molar refractivity (Wildman–Crippen MR) is 98.7 cm³/mol. The molecule has 0 saturated heterocycles. The molecule has 0 fully saturated rings. The van der Waals surface area contributed by atoms with Crippen LogP contribution in [0.5, 0.6) is 0 Å². The lowest BCUT2D eigenvalue weighted by atomic mass is 9.85. The van der Waals surface area contributed by atoms with E-state index in [9.17, 15) is 22.8 Å². The zero-order valence-corrected chi connectivity index (χ0v) is 15.7. The molecular formula is C21H22F3NO2. The lowest BCUT2D eigenvalue weighted by Crippen LogP contribution is -2.38. The lowest BCUT2D eigenvalue weighted by molar-refractivity contribution is -0.137. The van der Waals surface area contributed by atoms with Gasteiger partial charge in [0.2, 0.25) is 5.91 Å². The number of anilines is 1. The molecule has 2 aromatic rings. The number of nitrogens with zero attached hydrogens (tertiary/aromatic N) is 1. The highest BCUT2D eigenvalue weighted by Crippen LogP contribution is 2.34. The number of carbonyl (C=O) groups is 2. The summed E-state index contributed by atoms with van der Waals surface area (Å²) in [6, 6.07) is 10.9. The van der Waals surface area contributed by atoms with E-state index in [0.717, 1.165) is 34.7 Å². The van der Waals surface area contributed by atoms with E-state index >= 15 is 0 Å². The molecule has 2 rings (SSSR count). The summed E-state index contributed by atoms with van der Waals surface area (Å²) in [4.78, 5) is 26.6. The SMILES string of the molecule is CCC(=O)N(C(=O)c1ccc(C(F)(F)F)cc1)c1ccccc1C(C)(C)C. The quantitative estimate of drug-likeness (QED) is 0.700. The Morgan fingerprint density at radius 3 is 1.96 bits per heavy atom. The van der Waals surface area contributed by atoms with Crippen molar-refractivity contribution in [2.45, 2.75) is 45.7 Å². The first-order valence-electron chi connectivity index (χ1n) is 8.61. The van der Waals surface area contributed by atoms with Gasteiger partial charge in [0.15, 0.2) is 0 Å². The average Bonchev–Trinajstić information content (AvgIpc) is 2.60. The Balaban J connectivity index is 2.53. The number of rotatable bonds is 3. The maximum atomic E-state index is 13.0. The largest absolute Gasteiger partial charge is 0.416 e. The zero-order valence-electron chi connectivity index (χ0n) is 15.7. The molecule has 0 unspecified atom stereocenters. The van der Waals surface area contributed by atoms with Crippen molar-refractivity contribution >= 4 is 17.5 Å². The maximum absolute atomic E-state index is 13.0. The molecule has 0 atom stereocenters. The molecule has 0 aliphatic rings. The molecule has 0 spiro atoms. The first kappa shape index (κ1) is 20.7. The Labute approximate surface area is 156 Å². The number of carbonyl (C=O) groups excluding carboxylic acids is 2. The van der Waals surface area contributed by atoms with Gasteiger partial charge in [-0.3, -0.25) is 9.59 Å². The van der Waals surface area contributed by atoms with Crippen molar-refractivity contribution in [2.75, 3.05) is 4.90 Å². The number of amides is 2. The van der Waals surface area contributed by atoms with Gasteiger partial charge < -0.3 is 0 Å². The Morgan fingerprint density at radius 1 is 0.926 bits per heavy atom. The van der Waals surface area contributed by atoms with Crippen molar-refractivity contribution in [1.29, 1.82) is 0 Å². The molecular weight excluding hydrogens is 355 g/mol. The second-order valence-corrected chi connectivity index (χ2v) is 7.23. The van der Waals surface area contributed by atoms with Crippen LogP contribution >= 0.6 is 0 Å². The van der Waals surface area contributed by atoms with E-state index in [0.29, 0.717) is 5.69 Å². The van der Waals surface area contributed by atoms with Gasteiger partial charge in [-0.2, -0.15) is 13.2 Å². The lowest BCUT2D eigenvalue weighted by Gasteiger charge is -2.29. The minimum absolute atomic E-state index is 0.0218. The van der Waals surface area contributed by atoms with E-state index in [-0.39, 0.29) is 17.4 Å². The van der Waals surface area contributed by atoms with Crippen molar-refractivity contribution in [3.63, 3.8) is 0 Å². The van der Waals surface area contributed by atoms with E-state index in [1.807, 2.05) is 32.9 Å². The normalized spacial score (nSPS) is 12.0. The van der Waals surface area contributed by atoms with Crippen LogP contribution in [0.2, 0.25) is 0 Å². The molecule has 0 N–H and O–H groups in total. The van der Waals surface area contributed by atoms with E-state index in [1.165, 1.54) is 0 Å². The minimum Gasteiger partial charge on any atom is -0.274 e. The molecule has 0 heterocycles. The molecule has 0 saturated carbocycles. The predicted octanol–water partition coefficient (Wildman–Crippen LogP) is 5.59. The molecule has 0 bridgehead atoms. The molecule has 3 nitrogen and oxygen atoms in total. The number of halogens is 3. The summed E-state index contributed by atoms with van der Waals surface area (Å²) >= 11 is 0. The summed E-state index contributed by atoms with van der Waals surface area (Å²) in [6.07, 6.45) is -4.40. The number of alkyl halides is 3. The van der Waals surface area contributed by atoms with Crippen LogP contribution < -0.4 is 4.90 Å². The standard InChI is InChI=1S/C21H22F3NO2/c1-5-18(26)25(17-9-7-6-8-16(17)20(2,3)4)19(27)14-10-12-15(13-11-14)21(22,23)24/h6-13H,5H2,1-4H3. The number of benzene rings is 2. The van der Waals surface area contributed by atoms with Crippen LogP contribution in [-0.4, -0.2) is 11.8 Å². The third-order valence-corrected chi connectivity index (χ3v) is 4.17. The summed E-state index contributed by atoms with van der Waals surface area (Å²) in [5, 5.41) is 0. The van der Waals surface area contributed by atoms with Crippen LogP contribution in [0, 0.1) is 0 Å². The van der Waals surface area contributed by atoms with Gasteiger partial charge >= 0.3 is 6.18 Å². The van der Waals surface area contributed by atoms with Gasteiger partial charge in [-0.1, -0.05) is 45.9 Å². The number of hydrogen-bond donors (Lipinski definition) is 0. The van der Waals surface area contributed by atoms with Gasteiger partial charge in [0.25, 0.3) is 5.91 Å². The van der Waals surface area contributed by atoms with Gasteiger partial charge in [-0.25, -0.2) is 4.90 Å². The Morgan fingerprint density at radius 2 is 1.48 bits per heavy atom. The van der Waals surface area contributed by atoms with Crippen LogP contribution in [-0.2, 0) is 16.4 Å². The smallest absolute Gasteiger partial charge is 0.274 e. The van der Waals surface area contributed by atoms with Crippen molar-refractivity contribution in [2.24, 2.45) is 0 Å². The van der Waals surface area contributed by atoms with E-state index in [1.54, 1.807) is 19.1 Å². The number of imide groups is 1. The van der Waals surface area contributed by atoms with Crippen LogP contribution in [0.4, 0.5) is 18.9 Å². The number of hydrogen-bond acceptors (Lipinski definition) is 2. The highest BCUT2D eigenvalue weighted by molar-refractivity contribution is 6.21. The van der Waals surface area contributed by atoms with E-state index < -0.39 is 23.6 Å². The molecule has 0 radical (unpaired) electrons. The highest BCUT2D eigenvalue weighted by atomic mass is 19.4. The summed E-state index contributed by atoms with van der Waals surface area (Å²) < 4.78 is 38.3. The van der Waals surface area contributed by atoms with E-state index in [4.69, 9.17) is 0 Å². The fraction of sp³-hybridized carbons (Fsp3) is 0.333. The average molecular weight is 377 g/mol. The van der Waals surface area contributed by atoms with E-state index in [2.05, 4.69) is 0 Å². The Bertz CT molecular complexity index is 834. The van der Waals surface area contributed by atoms with Crippen molar-refractivity contribution in [3.8, 4) is 0 Å². The first-order valence-corrected chi connectivity index (χ1v) is 8.61. The van der Waals surface area contributed by atoms with Crippen molar-refractivity contribution in [3.05, 3.63) is 65.2 Å². The molecule has 6 heteroatoms. The van der Waals surface area contributed by atoms with Gasteiger partial charge in [-0.15, -0.1) is 0 Å². The Hall–Kier alpha value is -2.63. The molecule has 0 aromatic heterocycles. The molecule has 0 aliphatic carbocycles. The molecule has 2 aromatic carbocycles. The molecule has 27 heavy (non-hydrogen) atoms. The zero-order chi connectivity index (χ0) is 20.4. The first-order chi connectivity index (χ1) is 12.5. The monoisotopic (exact) mass is 377 g/mol. The van der Waals surface area contributed by atoms with Gasteiger partial charge in [0, 0.05) is 12.0 Å². The number of para-hydroxylation sites is 1. The maximum Gasteiger partial charge on any atom is 0.416 e. The molecule has 144 valence electrons. The summed E-state index contributed by atoms with van der Waals surface area (Å²) in [6.45, 7) is 7.52. The highest BCUT2D eigenvalue weighted by Gasteiger charge is 2.32. The van der Waals surface area contributed by atoms with Crippen molar-refractivity contribution < 1.29 is 22.8 Å². The van der Waals surface area contributed by atoms with Crippen LogP contribution in [0.1, 0.15) is 55.6 Å². The fourth-order valence-corrected chi connectivity index (χ4v) is 2.75. The van der Waals surface area contributed by atoms with Crippen LogP contribution in [0.3, 0.4) is 0 Å². The summed E-state index contributed by atoms with van der Waals surface area (Å²) in [5.41, 5.74) is 0.0911.